The van der Waals surface area contributed by atoms with Crippen molar-refractivity contribution >= 4 is 19.8 Å². The van der Waals surface area contributed by atoms with E-state index in [-0.39, 0.29) is 44.8 Å². The third-order valence-electron chi connectivity index (χ3n) is 8.17. The fourth-order valence-corrected chi connectivity index (χ4v) is 5.83. The summed E-state index contributed by atoms with van der Waals surface area (Å²) in [6.45, 7) is 3.42. The molecule has 0 spiro atoms. The lowest BCUT2D eigenvalue weighted by Gasteiger charge is -2.19. The summed E-state index contributed by atoms with van der Waals surface area (Å²) < 4.78 is 38.4. The van der Waals surface area contributed by atoms with Crippen LogP contribution >= 0.6 is 7.82 Å². The number of hydrogen-bond acceptors (Lipinski definition) is 9. The number of carbonyl (C=O) groups is 2. The molecule has 306 valence electrons. The van der Waals surface area contributed by atoms with Crippen molar-refractivity contribution in [3.63, 3.8) is 0 Å². The molecule has 0 aromatic heterocycles. The third kappa shape index (κ3) is 31.5. The number of carbonyl (C=O) groups excluding carboxylic acids is 2. The Labute approximate surface area is 326 Å². The van der Waals surface area contributed by atoms with Crippen LogP contribution in [0.2, 0.25) is 0 Å². The fourth-order valence-electron chi connectivity index (χ4n) is 5.07. The summed E-state index contributed by atoms with van der Waals surface area (Å²) in [6.07, 6.45) is 45.1. The van der Waals surface area contributed by atoms with Crippen LogP contribution in [0.3, 0.4) is 0 Å². The van der Waals surface area contributed by atoms with Crippen molar-refractivity contribution < 1.29 is 42.3 Å². The molecule has 0 aliphatic carbocycles. The van der Waals surface area contributed by atoms with Crippen LogP contribution < -0.4 is 5.73 Å². The van der Waals surface area contributed by atoms with Crippen LogP contribution in [0, 0.1) is 0 Å². The molecule has 10 nitrogen and oxygen atoms in total. The lowest BCUT2D eigenvalue weighted by atomic mass is 10.1. The molecule has 0 aromatic carbocycles. The van der Waals surface area contributed by atoms with Crippen LogP contribution in [0.25, 0.3) is 0 Å². The number of nitrogens with two attached hydrogens (primary N) is 1. The van der Waals surface area contributed by atoms with Gasteiger partial charge < -0.3 is 24.8 Å². The molecule has 1 rings (SSSR count). The van der Waals surface area contributed by atoms with Crippen LogP contribution in [0.5, 0.6) is 0 Å². The second-order valence-corrected chi connectivity index (χ2v) is 14.6. The van der Waals surface area contributed by atoms with Gasteiger partial charge in [-0.1, -0.05) is 112 Å². The zero-order valence-corrected chi connectivity index (χ0v) is 34.0. The van der Waals surface area contributed by atoms with Gasteiger partial charge in [-0.15, -0.1) is 0 Å². The molecule has 0 saturated carbocycles. The summed E-state index contributed by atoms with van der Waals surface area (Å²) in [7, 11) is -4.41. The van der Waals surface area contributed by atoms with Crippen molar-refractivity contribution in [2.45, 2.75) is 148 Å². The Morgan fingerprint density at radius 2 is 1.19 bits per heavy atom. The Hall–Kier alpha value is -2.85. The number of esters is 2. The first kappa shape index (κ1) is 49.2. The number of ether oxygens (including phenoxy) is 3. The molecule has 0 amide bonds. The van der Waals surface area contributed by atoms with E-state index in [1.165, 1.54) is 19.3 Å². The van der Waals surface area contributed by atoms with Gasteiger partial charge in [-0.25, -0.2) is 4.57 Å². The summed E-state index contributed by atoms with van der Waals surface area (Å²) in [6, 6.07) is 0. The van der Waals surface area contributed by atoms with Crippen LogP contribution in [0.4, 0.5) is 0 Å². The Bertz CT molecular complexity index is 1220. The minimum Gasteiger partial charge on any atom is -0.462 e. The molecule has 1 aliphatic heterocycles. The zero-order chi connectivity index (χ0) is 39.4. The smallest absolute Gasteiger partial charge is 0.462 e. The van der Waals surface area contributed by atoms with E-state index in [4.69, 9.17) is 29.0 Å². The summed E-state index contributed by atoms with van der Waals surface area (Å²) in [5.74, 6) is -0.962. The second kappa shape index (κ2) is 34.6. The number of unbranched alkanes of at least 4 members (excludes halogenated alkanes) is 6. The largest absolute Gasteiger partial charge is 0.472 e. The fraction of sp³-hybridized carbons (Fsp3) is 0.628. The molecule has 54 heavy (non-hydrogen) atoms. The highest BCUT2D eigenvalue weighted by Crippen LogP contribution is 2.43. The molecular formula is C43H70NO9P. The maximum atomic E-state index is 12.5. The Balaban J connectivity index is 2.30. The van der Waals surface area contributed by atoms with Gasteiger partial charge in [-0.2, -0.15) is 0 Å². The molecule has 0 aromatic rings. The van der Waals surface area contributed by atoms with Gasteiger partial charge in [0.25, 0.3) is 0 Å². The summed E-state index contributed by atoms with van der Waals surface area (Å²) in [5, 5.41) is 0. The molecule has 1 aliphatic rings. The molecule has 11 heteroatoms. The molecule has 1 heterocycles. The molecule has 1 fully saturated rings. The van der Waals surface area contributed by atoms with Crippen molar-refractivity contribution in [2.24, 2.45) is 5.73 Å². The van der Waals surface area contributed by atoms with Gasteiger partial charge in [-0.05, 0) is 89.9 Å². The SMILES string of the molecule is CC/C=C\C/C=C\C/C=C\C/C=C\CCCCC(=O)O[C@H](COC(=O)CCC/C=C\CC1OC1C/C=C\C/C=C\CCCCC)COP(=O)(O)OCCN. The van der Waals surface area contributed by atoms with E-state index in [1.54, 1.807) is 0 Å². The van der Waals surface area contributed by atoms with Crippen LogP contribution in [-0.4, -0.2) is 61.5 Å². The van der Waals surface area contributed by atoms with Crippen LogP contribution in [-0.2, 0) is 37.4 Å². The van der Waals surface area contributed by atoms with Crippen LogP contribution in [0.1, 0.15) is 129 Å². The number of allylic oxidation sites excluding steroid dienone is 12. The van der Waals surface area contributed by atoms with Crippen molar-refractivity contribution in [3.05, 3.63) is 85.1 Å². The average molecular weight is 776 g/mol. The third-order valence-corrected chi connectivity index (χ3v) is 9.15. The molecule has 0 radical (unpaired) electrons. The number of epoxide rings is 1. The van der Waals surface area contributed by atoms with Crippen molar-refractivity contribution in [1.82, 2.24) is 0 Å². The van der Waals surface area contributed by atoms with Gasteiger partial charge in [0.15, 0.2) is 6.10 Å². The van der Waals surface area contributed by atoms with Crippen molar-refractivity contribution in [1.29, 1.82) is 0 Å². The van der Waals surface area contributed by atoms with Crippen molar-refractivity contribution in [2.75, 3.05) is 26.4 Å². The first-order valence-electron chi connectivity index (χ1n) is 20.2. The van der Waals surface area contributed by atoms with Gasteiger partial charge in [-0.3, -0.25) is 18.6 Å². The number of phosphoric ester groups is 1. The first-order valence-corrected chi connectivity index (χ1v) is 21.7. The normalized spacial score (nSPS) is 18.0. The van der Waals surface area contributed by atoms with E-state index >= 15 is 0 Å². The molecule has 4 atom stereocenters. The first-order chi connectivity index (χ1) is 26.3. The monoisotopic (exact) mass is 775 g/mol. The Morgan fingerprint density at radius 3 is 1.80 bits per heavy atom. The predicted molar refractivity (Wildman–Crippen MR) is 219 cm³/mol. The highest BCUT2D eigenvalue weighted by Gasteiger charge is 2.36. The van der Waals surface area contributed by atoms with E-state index < -0.39 is 32.5 Å². The van der Waals surface area contributed by atoms with Crippen LogP contribution in [0.15, 0.2) is 85.1 Å². The molecular weight excluding hydrogens is 705 g/mol. The summed E-state index contributed by atoms with van der Waals surface area (Å²) in [4.78, 5) is 34.8. The number of hydrogen-bond donors (Lipinski definition) is 2. The predicted octanol–water partition coefficient (Wildman–Crippen LogP) is 10.3. The summed E-state index contributed by atoms with van der Waals surface area (Å²) in [5.41, 5.74) is 5.33. The second-order valence-electron chi connectivity index (χ2n) is 13.2. The van der Waals surface area contributed by atoms with E-state index in [2.05, 4.69) is 92.8 Å². The van der Waals surface area contributed by atoms with Gasteiger partial charge >= 0.3 is 19.8 Å². The molecule has 1 saturated heterocycles. The van der Waals surface area contributed by atoms with E-state index in [0.29, 0.717) is 19.3 Å². The van der Waals surface area contributed by atoms with Crippen molar-refractivity contribution in [3.8, 4) is 0 Å². The molecule has 0 bridgehead atoms. The number of phosphoric acid groups is 1. The standard InChI is InChI=1S/C43H70NO9P/c1-3-5-7-9-11-13-14-15-16-17-18-20-22-24-30-34-43(46)52-39(38-51-54(47,48)50-36-35-44)37-49-42(45)33-29-26-25-28-32-41-40(53-41)31-27-23-21-19-12-10-8-6-4-2/h5,7,11-13,15-16,18-20,23,25,27-28,39-41H,3-4,6,8-10,14,17,21-22,24,26,29-38,44H2,1-2H3,(H,47,48)/b7-5-,13-11-,16-15-,19-12-,20-18-,27-23-,28-25-/t39-,40?,41?/m1/s1. The summed E-state index contributed by atoms with van der Waals surface area (Å²) >= 11 is 0. The lowest BCUT2D eigenvalue weighted by Crippen LogP contribution is -2.29. The Morgan fingerprint density at radius 1 is 0.667 bits per heavy atom. The molecule has 3 unspecified atom stereocenters. The maximum absolute atomic E-state index is 12.5. The number of rotatable bonds is 35. The minimum absolute atomic E-state index is 0.0318. The van der Waals surface area contributed by atoms with E-state index in [9.17, 15) is 19.0 Å². The van der Waals surface area contributed by atoms with Gasteiger partial charge in [0.2, 0.25) is 0 Å². The minimum atomic E-state index is -4.41. The van der Waals surface area contributed by atoms with E-state index in [0.717, 1.165) is 64.2 Å². The topological polar surface area (TPSA) is 147 Å². The van der Waals surface area contributed by atoms with Gasteiger partial charge in [0, 0.05) is 19.4 Å². The quantitative estimate of drug-likeness (QED) is 0.0210. The highest BCUT2D eigenvalue weighted by molar-refractivity contribution is 7.47. The molecule has 3 N–H and O–H groups in total. The lowest BCUT2D eigenvalue weighted by molar-refractivity contribution is -0.161. The van der Waals surface area contributed by atoms with Gasteiger partial charge in [0.05, 0.1) is 25.4 Å². The highest BCUT2D eigenvalue weighted by atomic mass is 31.2. The van der Waals surface area contributed by atoms with Gasteiger partial charge in [0.1, 0.15) is 6.61 Å². The Kier molecular flexibility index (Phi) is 31.5. The maximum Gasteiger partial charge on any atom is 0.472 e. The van der Waals surface area contributed by atoms with E-state index in [1.807, 2.05) is 6.08 Å². The average Bonchev–Trinajstić information content (AvgIpc) is 3.91. The zero-order valence-electron chi connectivity index (χ0n) is 33.1.